The molecule has 0 spiro atoms. The third-order valence-electron chi connectivity index (χ3n) is 15.3. The van der Waals surface area contributed by atoms with Crippen molar-refractivity contribution in [1.82, 2.24) is 19.5 Å². The minimum absolute atomic E-state index is 0.0888. The molecule has 0 aliphatic carbocycles. The van der Waals surface area contributed by atoms with Gasteiger partial charge in [-0.05, 0) is 107 Å². The van der Waals surface area contributed by atoms with Gasteiger partial charge in [-0.25, -0.2) is 15.0 Å². The van der Waals surface area contributed by atoms with Gasteiger partial charge in [0.2, 0.25) is 19.3 Å². The van der Waals surface area contributed by atoms with Crippen molar-refractivity contribution in [1.29, 1.82) is 0 Å². The van der Waals surface area contributed by atoms with Gasteiger partial charge >= 0.3 is 0 Å². The first kappa shape index (κ1) is 40.9. The first-order valence-electron chi connectivity index (χ1n) is 25.0. The van der Waals surface area contributed by atoms with Crippen molar-refractivity contribution in [2.75, 3.05) is 4.90 Å². The molecule has 7 heterocycles. The summed E-state index contributed by atoms with van der Waals surface area (Å²) in [7, 11) is 0. The molecule has 9 aromatic carbocycles. The minimum atomic E-state index is -0.200. The molecule has 5 aliphatic heterocycles. The number of rotatable bonds is 9. The van der Waals surface area contributed by atoms with Gasteiger partial charge in [0.1, 0.15) is 23.7 Å². The van der Waals surface area contributed by atoms with Crippen LogP contribution in [-0.2, 0) is 9.47 Å². The second-order valence-electron chi connectivity index (χ2n) is 19.7. The normalized spacial score (nSPS) is 18.1. The maximum atomic E-state index is 6.12. The Morgan fingerprint density at radius 3 is 1.66 bits per heavy atom. The summed E-state index contributed by atoms with van der Waals surface area (Å²) in [4.78, 5) is 18.4. The molecule has 346 valence electrons. The highest BCUT2D eigenvalue weighted by molar-refractivity contribution is 7.01. The van der Waals surface area contributed by atoms with E-state index in [1.54, 1.807) is 0 Å². The highest BCUT2D eigenvalue weighted by Gasteiger charge is 2.47. The van der Waals surface area contributed by atoms with E-state index in [9.17, 15) is 0 Å². The van der Waals surface area contributed by atoms with Crippen LogP contribution in [0.5, 0.6) is 11.5 Å². The number of anilines is 3. The van der Waals surface area contributed by atoms with Crippen molar-refractivity contribution in [3.63, 3.8) is 0 Å². The Balaban J connectivity index is 0.975. The molecule has 73 heavy (non-hydrogen) atoms. The number of ether oxygens (including phenoxy) is 4. The highest BCUT2D eigenvalue weighted by Crippen LogP contribution is 2.54. The lowest BCUT2D eigenvalue weighted by molar-refractivity contribution is 0.178. The molecular weight excluding hydrogens is 902 g/mol. The van der Waals surface area contributed by atoms with E-state index in [-0.39, 0.29) is 31.5 Å². The largest absolute Gasteiger partial charge is 0.462 e. The van der Waals surface area contributed by atoms with E-state index in [4.69, 9.17) is 33.9 Å². The van der Waals surface area contributed by atoms with Crippen molar-refractivity contribution in [2.45, 2.75) is 38.6 Å². The van der Waals surface area contributed by atoms with Crippen LogP contribution >= 0.6 is 0 Å². The minimum Gasteiger partial charge on any atom is -0.462 e. The van der Waals surface area contributed by atoms with Crippen LogP contribution in [0.3, 0.4) is 0 Å². The quantitative estimate of drug-likeness (QED) is 0.104. The van der Waals surface area contributed by atoms with Crippen molar-refractivity contribution < 1.29 is 18.9 Å². The van der Waals surface area contributed by atoms with E-state index < -0.39 is 0 Å². The second-order valence-corrected chi connectivity index (χ2v) is 19.7. The first-order valence-corrected chi connectivity index (χ1v) is 25.0. The lowest BCUT2D eigenvalue weighted by Gasteiger charge is -2.41. The molecule has 4 unspecified atom stereocenters. The number of epoxide rings is 2. The fraction of sp³-hybridized carbons (Fsp3) is 0.0952. The summed E-state index contributed by atoms with van der Waals surface area (Å²) >= 11 is 0. The van der Waals surface area contributed by atoms with Gasteiger partial charge in [-0.3, -0.25) is 0 Å². The van der Waals surface area contributed by atoms with Crippen molar-refractivity contribution in [2.24, 2.45) is 0 Å². The smallest absolute Gasteiger partial charge is 0.248 e. The fourth-order valence-corrected chi connectivity index (χ4v) is 11.8. The monoisotopic (exact) mass is 943 g/mol. The molecular formula is C63H42BN5O4. The van der Waals surface area contributed by atoms with E-state index in [0.29, 0.717) is 17.5 Å². The zero-order valence-corrected chi connectivity index (χ0v) is 39.7. The zero-order chi connectivity index (χ0) is 48.1. The average Bonchev–Trinajstić information content (AvgIpc) is 4.26. The molecule has 2 fully saturated rings. The van der Waals surface area contributed by atoms with Crippen LogP contribution < -0.4 is 30.8 Å². The van der Waals surface area contributed by atoms with Crippen LogP contribution in [0.15, 0.2) is 194 Å². The highest BCUT2D eigenvalue weighted by atomic mass is 16.8. The Morgan fingerprint density at radius 2 is 1.01 bits per heavy atom. The van der Waals surface area contributed by atoms with E-state index in [2.05, 4.69) is 167 Å². The van der Waals surface area contributed by atoms with Crippen LogP contribution in [0.2, 0.25) is 0 Å². The van der Waals surface area contributed by atoms with Crippen LogP contribution in [0.4, 0.5) is 17.1 Å². The Hall–Kier alpha value is -8.83. The predicted octanol–water partition coefficient (Wildman–Crippen LogP) is 12.1. The van der Waals surface area contributed by atoms with Crippen LogP contribution in [0, 0.1) is 0 Å². The summed E-state index contributed by atoms with van der Waals surface area (Å²) in [6.45, 7) is 3.97. The maximum Gasteiger partial charge on any atom is 0.248 e. The van der Waals surface area contributed by atoms with Gasteiger partial charge in [0, 0.05) is 33.2 Å². The second kappa shape index (κ2) is 15.3. The topological polar surface area (TPSA) is 90.4 Å². The fourth-order valence-electron chi connectivity index (χ4n) is 11.8. The molecule has 4 atom stereocenters. The Morgan fingerprint density at radius 1 is 0.466 bits per heavy atom. The SMILES string of the molecule is CC1OC1Oc1ccc(-c2ccc3c4c2-c2ccccc2B4c2cc(-c4nc(-c5ccccc5)nc(-c5ccccc5)n4)cc4c2N3c2ccc(-c3ccc(OC5OC5C)cc3)c3c5ccccc5n-4c23)cc1. The molecule has 0 N–H and O–H groups in total. The molecule has 16 rings (SSSR count). The molecule has 11 aromatic rings. The Kier molecular flexibility index (Phi) is 8.59. The molecule has 2 aromatic heterocycles. The summed E-state index contributed by atoms with van der Waals surface area (Å²) in [6.07, 6.45) is -0.192. The van der Waals surface area contributed by atoms with Gasteiger partial charge in [-0.1, -0.05) is 151 Å². The van der Waals surface area contributed by atoms with Gasteiger partial charge in [-0.15, -0.1) is 0 Å². The molecule has 0 amide bonds. The van der Waals surface area contributed by atoms with E-state index in [0.717, 1.165) is 73.0 Å². The number of para-hydroxylation sites is 1. The van der Waals surface area contributed by atoms with E-state index in [1.165, 1.54) is 49.5 Å². The number of fused-ring (bicyclic) bond motifs is 10. The van der Waals surface area contributed by atoms with Crippen molar-refractivity contribution >= 4 is 62.0 Å². The predicted molar refractivity (Wildman–Crippen MR) is 290 cm³/mol. The van der Waals surface area contributed by atoms with Gasteiger partial charge in [0.25, 0.3) is 0 Å². The maximum absolute atomic E-state index is 6.12. The number of benzene rings is 9. The number of aromatic nitrogens is 4. The van der Waals surface area contributed by atoms with Crippen LogP contribution in [0.25, 0.3) is 95.0 Å². The molecule has 0 radical (unpaired) electrons. The van der Waals surface area contributed by atoms with E-state index in [1.807, 2.05) is 50.2 Å². The molecule has 2 saturated heterocycles. The third-order valence-corrected chi connectivity index (χ3v) is 15.3. The third kappa shape index (κ3) is 6.21. The van der Waals surface area contributed by atoms with Crippen LogP contribution in [0.1, 0.15) is 13.8 Å². The van der Waals surface area contributed by atoms with Gasteiger partial charge in [0.05, 0.1) is 28.1 Å². The Bertz CT molecular complexity index is 4050. The zero-order valence-electron chi connectivity index (χ0n) is 39.7. The van der Waals surface area contributed by atoms with Gasteiger partial charge < -0.3 is 28.4 Å². The molecule has 0 bridgehead atoms. The lowest BCUT2D eigenvalue weighted by Crippen LogP contribution is -2.55. The summed E-state index contributed by atoms with van der Waals surface area (Å²) in [5, 5.41) is 2.36. The summed E-state index contributed by atoms with van der Waals surface area (Å²) in [5.74, 6) is 3.44. The first-order chi connectivity index (χ1) is 36.0. The number of hydrogen-bond acceptors (Lipinski definition) is 8. The summed E-state index contributed by atoms with van der Waals surface area (Å²) in [5.41, 5.74) is 20.3. The molecule has 0 saturated carbocycles. The van der Waals surface area contributed by atoms with Gasteiger partial charge in [-0.2, -0.15) is 0 Å². The van der Waals surface area contributed by atoms with Crippen molar-refractivity contribution in [3.05, 3.63) is 194 Å². The standard InChI is InChI=1S/C63H42BN5O4/c1-35-62(70-35)72-42-25-21-37(22-26-42)44-29-31-51-56-54(44)46-17-9-11-19-48(46)64(56)49-33-41(61-66-59(39-13-5-3-6-14-39)65-60(67-61)40-15-7-4-8-16-40)34-53-57(49)69(51)52-32-30-45(38-23-27-43(28-24-38)73-63-36(2)71-63)55-47-18-10-12-20-50(47)68(53)58(52)55/h3-36,62-63H,1-2H3. The van der Waals surface area contributed by atoms with E-state index >= 15 is 0 Å². The molecule has 9 nitrogen and oxygen atoms in total. The van der Waals surface area contributed by atoms with Crippen LogP contribution in [-0.4, -0.2) is 51.0 Å². The van der Waals surface area contributed by atoms with Crippen molar-refractivity contribution in [3.8, 4) is 84.7 Å². The summed E-state index contributed by atoms with van der Waals surface area (Å²) in [6, 6.07) is 69.2. The number of hydrogen-bond donors (Lipinski definition) is 0. The molecule has 5 aliphatic rings. The number of nitrogens with zero attached hydrogens (tertiary/aromatic N) is 5. The Labute approximate surface area is 421 Å². The molecule has 10 heteroatoms. The summed E-state index contributed by atoms with van der Waals surface area (Å²) < 4.78 is 25.9. The lowest BCUT2D eigenvalue weighted by atomic mass is 9.37. The van der Waals surface area contributed by atoms with Gasteiger partial charge in [0.15, 0.2) is 17.5 Å². The average molecular weight is 944 g/mol.